The molecule has 2 N–H and O–H groups in total. The van der Waals surface area contributed by atoms with Crippen molar-refractivity contribution in [3.05, 3.63) is 29.8 Å². The summed E-state index contributed by atoms with van der Waals surface area (Å²) in [6.45, 7) is 0.681. The largest absolute Gasteiger partial charge is 0.496 e. The van der Waals surface area contributed by atoms with Crippen LogP contribution < -0.4 is 9.46 Å². The number of carbonyl (C=O) groups excluding carboxylic acids is 1. The predicted molar refractivity (Wildman–Crippen MR) is 119 cm³/mol. The van der Waals surface area contributed by atoms with Gasteiger partial charge in [0.25, 0.3) is 0 Å². The third-order valence-corrected chi connectivity index (χ3v) is 7.16. The molecule has 2 fully saturated rings. The van der Waals surface area contributed by atoms with Gasteiger partial charge in [-0.05, 0) is 44.6 Å². The highest BCUT2D eigenvalue weighted by atomic mass is 32.2. The molecule has 10 heteroatoms. The van der Waals surface area contributed by atoms with Gasteiger partial charge in [0, 0.05) is 18.2 Å². The van der Waals surface area contributed by atoms with Gasteiger partial charge in [-0.1, -0.05) is 18.2 Å². The first-order valence-corrected chi connectivity index (χ1v) is 12.9. The number of amides is 1. The minimum Gasteiger partial charge on any atom is -0.496 e. The zero-order chi connectivity index (χ0) is 23.4. The number of rotatable bonds is 7. The maximum atomic E-state index is 12.3. The molecule has 1 aliphatic carbocycles. The zero-order valence-corrected chi connectivity index (χ0v) is 19.8. The number of nitrogens with one attached hydrogen (secondary N) is 1. The Morgan fingerprint density at radius 2 is 1.91 bits per heavy atom. The predicted octanol–water partition coefficient (Wildman–Crippen LogP) is 1.99. The fraction of sp³-hybridized carbons (Fsp3) is 0.682. The van der Waals surface area contributed by atoms with E-state index < -0.39 is 33.8 Å². The Hall–Kier alpha value is -1.88. The smallest absolute Gasteiger partial charge is 0.409 e. The quantitative estimate of drug-likeness (QED) is 0.626. The van der Waals surface area contributed by atoms with Gasteiger partial charge in [0.1, 0.15) is 5.75 Å². The molecule has 0 radical (unpaired) electrons. The fourth-order valence-corrected chi connectivity index (χ4v) is 5.61. The van der Waals surface area contributed by atoms with Crippen LogP contribution in [0.5, 0.6) is 5.75 Å². The molecule has 2 aliphatic rings. The Kier molecular flexibility index (Phi) is 8.02. The third-order valence-electron chi connectivity index (χ3n) is 6.42. The van der Waals surface area contributed by atoms with Gasteiger partial charge in [0.05, 0.1) is 44.8 Å². The van der Waals surface area contributed by atoms with Crippen molar-refractivity contribution < 1.29 is 32.5 Å². The van der Waals surface area contributed by atoms with Crippen LogP contribution in [0.3, 0.4) is 0 Å². The van der Waals surface area contributed by atoms with Gasteiger partial charge < -0.3 is 24.2 Å². The number of hydrogen-bond acceptors (Lipinski definition) is 7. The number of ether oxygens (including phenoxy) is 3. The van der Waals surface area contributed by atoms with Crippen LogP contribution in [0.25, 0.3) is 0 Å². The average molecular weight is 471 g/mol. The number of hydrogen-bond donors (Lipinski definition) is 2. The summed E-state index contributed by atoms with van der Waals surface area (Å²) in [6.07, 6.45) is 4.15. The topological polar surface area (TPSA) is 114 Å². The molecule has 0 bridgehead atoms. The van der Waals surface area contributed by atoms with Crippen molar-refractivity contribution in [3.63, 3.8) is 0 Å². The van der Waals surface area contributed by atoms with Crippen molar-refractivity contribution in [1.82, 2.24) is 9.62 Å². The Labute approximate surface area is 190 Å². The van der Waals surface area contributed by atoms with Crippen LogP contribution in [-0.2, 0) is 25.1 Å². The van der Waals surface area contributed by atoms with Gasteiger partial charge in [-0.15, -0.1) is 0 Å². The number of methoxy groups -OCH3 is 2. The Morgan fingerprint density at radius 3 is 2.53 bits per heavy atom. The van der Waals surface area contributed by atoms with Crippen molar-refractivity contribution in [1.29, 1.82) is 0 Å². The number of piperidine rings is 1. The molecule has 1 amide bonds. The van der Waals surface area contributed by atoms with E-state index in [1.165, 1.54) is 7.11 Å². The first-order valence-electron chi connectivity index (χ1n) is 11.0. The Bertz CT molecular complexity index is 884. The maximum absolute atomic E-state index is 12.3. The van der Waals surface area contributed by atoms with Gasteiger partial charge in [0.2, 0.25) is 10.0 Å². The first kappa shape index (κ1) is 24.8. The average Bonchev–Trinajstić information content (AvgIpc) is 2.77. The van der Waals surface area contributed by atoms with E-state index in [2.05, 4.69) is 4.72 Å². The highest BCUT2D eigenvalue weighted by molar-refractivity contribution is 7.88. The van der Waals surface area contributed by atoms with E-state index in [0.717, 1.165) is 11.8 Å². The molecule has 1 saturated heterocycles. The van der Waals surface area contributed by atoms with E-state index in [-0.39, 0.29) is 12.7 Å². The minimum absolute atomic E-state index is 0.0923. The number of aliphatic hydroxyl groups is 1. The van der Waals surface area contributed by atoms with E-state index in [1.54, 1.807) is 12.0 Å². The highest BCUT2D eigenvalue weighted by Crippen LogP contribution is 2.41. The van der Waals surface area contributed by atoms with Crippen molar-refractivity contribution in [2.45, 2.75) is 62.3 Å². The van der Waals surface area contributed by atoms with E-state index in [4.69, 9.17) is 14.2 Å². The van der Waals surface area contributed by atoms with Crippen LogP contribution in [0, 0.1) is 0 Å². The molecular weight excluding hydrogens is 436 g/mol. The Balaban J connectivity index is 1.64. The Morgan fingerprint density at radius 1 is 1.22 bits per heavy atom. The molecular formula is C22H34N2O7S. The molecule has 180 valence electrons. The lowest BCUT2D eigenvalue weighted by Gasteiger charge is -2.42. The number of sulfonamides is 1. The second kappa shape index (κ2) is 10.4. The van der Waals surface area contributed by atoms with Crippen molar-refractivity contribution in [2.24, 2.45) is 0 Å². The van der Waals surface area contributed by atoms with Crippen LogP contribution in [-0.4, -0.2) is 76.3 Å². The molecule has 1 aromatic rings. The summed E-state index contributed by atoms with van der Waals surface area (Å²) >= 11 is 0. The van der Waals surface area contributed by atoms with Gasteiger partial charge >= 0.3 is 6.09 Å². The van der Waals surface area contributed by atoms with Crippen LogP contribution in [0.1, 0.15) is 44.1 Å². The number of likely N-dealkylation sites (tertiary alicyclic amines) is 1. The number of para-hydroxylation sites is 1. The zero-order valence-electron chi connectivity index (χ0n) is 19.0. The lowest BCUT2D eigenvalue weighted by Crippen LogP contribution is -2.59. The van der Waals surface area contributed by atoms with Crippen LogP contribution in [0.15, 0.2) is 24.3 Å². The van der Waals surface area contributed by atoms with E-state index in [9.17, 15) is 18.3 Å². The van der Waals surface area contributed by atoms with Crippen LogP contribution in [0.2, 0.25) is 0 Å². The summed E-state index contributed by atoms with van der Waals surface area (Å²) in [5, 5.41) is 11.2. The minimum atomic E-state index is -3.44. The fourth-order valence-electron chi connectivity index (χ4n) is 4.79. The molecule has 1 heterocycles. The number of benzene rings is 1. The second-order valence-corrected chi connectivity index (χ2v) is 10.4. The molecule has 0 spiro atoms. The molecule has 1 aliphatic heterocycles. The molecule has 0 aromatic heterocycles. The standard InChI is InChI=1S/C22H34N2O7S/c1-29-20-9-5-4-7-17(20)22(26)12-10-16(11-13-22)31-15-19-18(23-32(3,27)28)8-6-14-24(19)21(25)30-2/h4-5,7,9,16,18-19,23,26H,6,8,10-15H2,1-3H3. The van der Waals surface area contributed by atoms with Crippen LogP contribution >= 0.6 is 0 Å². The van der Waals surface area contributed by atoms with Crippen molar-refractivity contribution in [2.75, 3.05) is 33.6 Å². The number of carbonyl (C=O) groups is 1. The lowest BCUT2D eigenvalue weighted by molar-refractivity contribution is -0.0739. The molecule has 9 nitrogen and oxygen atoms in total. The third kappa shape index (κ3) is 5.92. The van der Waals surface area contributed by atoms with Crippen molar-refractivity contribution >= 4 is 16.1 Å². The van der Waals surface area contributed by atoms with E-state index >= 15 is 0 Å². The summed E-state index contributed by atoms with van der Waals surface area (Å²) in [5.41, 5.74) is -0.196. The van der Waals surface area contributed by atoms with E-state index in [0.29, 0.717) is 50.8 Å². The molecule has 2 unspecified atom stereocenters. The summed E-state index contributed by atoms with van der Waals surface area (Å²) < 4.78 is 42.8. The van der Waals surface area contributed by atoms with Gasteiger partial charge in [-0.2, -0.15) is 0 Å². The lowest BCUT2D eigenvalue weighted by atomic mass is 9.78. The van der Waals surface area contributed by atoms with Gasteiger partial charge in [-0.25, -0.2) is 17.9 Å². The maximum Gasteiger partial charge on any atom is 0.409 e. The normalized spacial score (nSPS) is 28.9. The summed E-state index contributed by atoms with van der Waals surface area (Å²) in [5.74, 6) is 0.667. The molecule has 32 heavy (non-hydrogen) atoms. The highest BCUT2D eigenvalue weighted by Gasteiger charge is 2.40. The monoisotopic (exact) mass is 470 g/mol. The number of nitrogens with zero attached hydrogens (tertiary/aromatic N) is 1. The summed E-state index contributed by atoms with van der Waals surface area (Å²) in [7, 11) is -0.532. The second-order valence-electron chi connectivity index (χ2n) is 8.63. The molecule has 1 saturated carbocycles. The van der Waals surface area contributed by atoms with Gasteiger partial charge in [-0.3, -0.25) is 0 Å². The molecule has 3 rings (SSSR count). The van der Waals surface area contributed by atoms with Crippen molar-refractivity contribution in [3.8, 4) is 5.75 Å². The summed E-state index contributed by atoms with van der Waals surface area (Å²) in [4.78, 5) is 13.8. The van der Waals surface area contributed by atoms with Gasteiger partial charge in [0.15, 0.2) is 0 Å². The first-order chi connectivity index (χ1) is 15.2. The molecule has 2 atom stereocenters. The van der Waals surface area contributed by atoms with Crippen LogP contribution in [0.4, 0.5) is 4.79 Å². The molecule has 1 aromatic carbocycles. The summed E-state index contributed by atoms with van der Waals surface area (Å²) in [6, 6.07) is 6.59. The SMILES string of the molecule is COC(=O)N1CCCC(NS(C)(=O)=O)C1COC1CCC(O)(c2ccccc2OC)CC1. The van der Waals surface area contributed by atoms with E-state index in [1.807, 2.05) is 24.3 Å².